The van der Waals surface area contributed by atoms with Crippen molar-refractivity contribution in [3.8, 4) is 5.75 Å². The van der Waals surface area contributed by atoms with Gasteiger partial charge in [-0.25, -0.2) is 0 Å². The first-order valence-electron chi connectivity index (χ1n) is 6.91. The summed E-state index contributed by atoms with van der Waals surface area (Å²) >= 11 is 3.55. The van der Waals surface area contributed by atoms with Crippen LogP contribution in [0.2, 0.25) is 0 Å². The Morgan fingerprint density at radius 1 is 1.25 bits per heavy atom. The second-order valence-electron chi connectivity index (χ2n) is 5.12. The topological polar surface area (TPSA) is 21.3 Å². The highest BCUT2D eigenvalue weighted by molar-refractivity contribution is 9.10. The molecule has 1 heterocycles. The van der Waals surface area contributed by atoms with E-state index in [2.05, 4.69) is 51.6 Å². The summed E-state index contributed by atoms with van der Waals surface area (Å²) in [5, 5.41) is 3.62. The summed E-state index contributed by atoms with van der Waals surface area (Å²) in [7, 11) is 1.73. The first-order valence-corrected chi connectivity index (χ1v) is 7.71. The zero-order chi connectivity index (χ0) is 13.9. The lowest BCUT2D eigenvalue weighted by Crippen LogP contribution is -2.31. The molecule has 1 aliphatic heterocycles. The monoisotopic (exact) mass is 331 g/mol. The molecule has 1 aliphatic rings. The lowest BCUT2D eigenvalue weighted by molar-refractivity contribution is 0.404. The number of halogens is 1. The van der Waals surface area contributed by atoms with Crippen molar-refractivity contribution in [2.75, 3.05) is 13.7 Å². The van der Waals surface area contributed by atoms with Crippen LogP contribution in [0.1, 0.15) is 22.7 Å². The highest BCUT2D eigenvalue weighted by Gasteiger charge is 2.20. The first-order chi connectivity index (χ1) is 9.78. The van der Waals surface area contributed by atoms with Crippen LogP contribution in [0.15, 0.2) is 46.9 Å². The van der Waals surface area contributed by atoms with Gasteiger partial charge in [0.2, 0.25) is 0 Å². The maximum atomic E-state index is 5.48. The Bertz CT molecular complexity index is 612. The van der Waals surface area contributed by atoms with E-state index < -0.39 is 0 Å². The quantitative estimate of drug-likeness (QED) is 0.921. The third-order valence-corrected chi connectivity index (χ3v) is 4.38. The predicted molar refractivity (Wildman–Crippen MR) is 85.3 cm³/mol. The third-order valence-electron chi connectivity index (χ3n) is 3.88. The summed E-state index contributed by atoms with van der Waals surface area (Å²) in [5.74, 6) is 0.957. The molecular formula is C17H18BrNO. The van der Waals surface area contributed by atoms with E-state index >= 15 is 0 Å². The lowest BCUT2D eigenvalue weighted by atomic mass is 9.90. The number of nitrogens with one attached hydrogen (secondary N) is 1. The molecule has 0 aliphatic carbocycles. The molecule has 1 atom stereocenters. The van der Waals surface area contributed by atoms with E-state index in [1.807, 2.05) is 12.1 Å². The van der Waals surface area contributed by atoms with Gasteiger partial charge in [0, 0.05) is 10.5 Å². The summed E-state index contributed by atoms with van der Waals surface area (Å²) in [6, 6.07) is 15.3. The van der Waals surface area contributed by atoms with Crippen molar-refractivity contribution >= 4 is 15.9 Å². The molecule has 2 aromatic rings. The zero-order valence-corrected chi connectivity index (χ0v) is 13.1. The van der Waals surface area contributed by atoms with E-state index in [1.165, 1.54) is 16.7 Å². The molecule has 3 heteroatoms. The summed E-state index contributed by atoms with van der Waals surface area (Å²) in [6.45, 7) is 1.04. The fraction of sp³-hybridized carbons (Fsp3) is 0.294. The van der Waals surface area contributed by atoms with Gasteiger partial charge in [0.05, 0.1) is 7.11 Å². The summed E-state index contributed by atoms with van der Waals surface area (Å²) in [6.07, 6.45) is 2.06. The summed E-state index contributed by atoms with van der Waals surface area (Å²) in [4.78, 5) is 0. The molecule has 3 rings (SSSR count). The van der Waals surface area contributed by atoms with Crippen LogP contribution in [0.5, 0.6) is 5.75 Å². The standard InChI is InChI=1S/C17H18BrNO/c1-20-17-7-6-14(18)10-13(17)11-16-15-5-3-2-4-12(15)8-9-19-16/h2-7,10,16,19H,8-9,11H2,1H3. The number of methoxy groups -OCH3 is 1. The van der Waals surface area contributed by atoms with Crippen LogP contribution in [0.3, 0.4) is 0 Å². The first kappa shape index (κ1) is 13.7. The molecule has 1 N–H and O–H groups in total. The Balaban J connectivity index is 1.91. The molecule has 0 radical (unpaired) electrons. The second kappa shape index (κ2) is 5.98. The minimum atomic E-state index is 0.364. The fourth-order valence-electron chi connectivity index (χ4n) is 2.90. The SMILES string of the molecule is COc1ccc(Br)cc1CC1NCCc2ccccc21. The number of fused-ring (bicyclic) bond motifs is 1. The van der Waals surface area contributed by atoms with Crippen molar-refractivity contribution in [2.24, 2.45) is 0 Å². The Morgan fingerprint density at radius 2 is 2.10 bits per heavy atom. The van der Waals surface area contributed by atoms with Crippen LogP contribution in [0.4, 0.5) is 0 Å². The molecule has 0 aromatic heterocycles. The largest absolute Gasteiger partial charge is 0.496 e. The molecule has 0 saturated heterocycles. The van der Waals surface area contributed by atoms with Crippen molar-refractivity contribution in [3.05, 3.63) is 63.6 Å². The minimum Gasteiger partial charge on any atom is -0.496 e. The molecule has 0 spiro atoms. The van der Waals surface area contributed by atoms with Gasteiger partial charge in [-0.2, -0.15) is 0 Å². The number of benzene rings is 2. The zero-order valence-electron chi connectivity index (χ0n) is 11.5. The van der Waals surface area contributed by atoms with Crippen LogP contribution < -0.4 is 10.1 Å². The number of ether oxygens (including phenoxy) is 1. The van der Waals surface area contributed by atoms with Crippen LogP contribution in [0.25, 0.3) is 0 Å². The molecule has 0 saturated carbocycles. The van der Waals surface area contributed by atoms with E-state index in [4.69, 9.17) is 4.74 Å². The molecule has 1 unspecified atom stereocenters. The van der Waals surface area contributed by atoms with Gasteiger partial charge in [-0.1, -0.05) is 40.2 Å². The van der Waals surface area contributed by atoms with Gasteiger partial charge in [-0.05, 0) is 54.3 Å². The maximum Gasteiger partial charge on any atom is 0.122 e. The third kappa shape index (κ3) is 2.74. The molecule has 2 aromatic carbocycles. The average Bonchev–Trinajstić information content (AvgIpc) is 2.48. The molecule has 0 fully saturated rings. The molecule has 104 valence electrons. The van der Waals surface area contributed by atoms with Gasteiger partial charge in [0.1, 0.15) is 5.75 Å². The Labute approximate surface area is 128 Å². The summed E-state index contributed by atoms with van der Waals surface area (Å²) < 4.78 is 6.58. The van der Waals surface area contributed by atoms with Gasteiger partial charge in [-0.3, -0.25) is 0 Å². The maximum absolute atomic E-state index is 5.48. The van der Waals surface area contributed by atoms with Gasteiger partial charge in [0.15, 0.2) is 0 Å². The average molecular weight is 332 g/mol. The van der Waals surface area contributed by atoms with E-state index in [0.717, 1.165) is 29.6 Å². The van der Waals surface area contributed by atoms with Crippen LogP contribution in [-0.2, 0) is 12.8 Å². The van der Waals surface area contributed by atoms with Gasteiger partial charge in [0.25, 0.3) is 0 Å². The smallest absolute Gasteiger partial charge is 0.122 e. The Hall–Kier alpha value is -1.32. The molecule has 0 amide bonds. The van der Waals surface area contributed by atoms with E-state index in [1.54, 1.807) is 7.11 Å². The highest BCUT2D eigenvalue weighted by atomic mass is 79.9. The number of hydrogen-bond acceptors (Lipinski definition) is 2. The Morgan fingerprint density at radius 3 is 2.95 bits per heavy atom. The number of rotatable bonds is 3. The van der Waals surface area contributed by atoms with Crippen molar-refractivity contribution in [2.45, 2.75) is 18.9 Å². The minimum absolute atomic E-state index is 0.364. The number of hydrogen-bond donors (Lipinski definition) is 1. The van der Waals surface area contributed by atoms with Crippen LogP contribution in [-0.4, -0.2) is 13.7 Å². The van der Waals surface area contributed by atoms with Crippen molar-refractivity contribution < 1.29 is 4.74 Å². The van der Waals surface area contributed by atoms with E-state index in [9.17, 15) is 0 Å². The van der Waals surface area contributed by atoms with Crippen LogP contribution in [0, 0.1) is 0 Å². The summed E-state index contributed by atoms with van der Waals surface area (Å²) in [5.41, 5.74) is 4.11. The van der Waals surface area contributed by atoms with Gasteiger partial charge < -0.3 is 10.1 Å². The van der Waals surface area contributed by atoms with Crippen molar-refractivity contribution in [1.82, 2.24) is 5.32 Å². The molecular weight excluding hydrogens is 314 g/mol. The molecule has 20 heavy (non-hydrogen) atoms. The highest BCUT2D eigenvalue weighted by Crippen LogP contribution is 2.30. The predicted octanol–water partition coefficient (Wildman–Crippen LogP) is 3.89. The Kier molecular flexibility index (Phi) is 4.08. The van der Waals surface area contributed by atoms with Crippen molar-refractivity contribution in [1.29, 1.82) is 0 Å². The van der Waals surface area contributed by atoms with Gasteiger partial charge in [-0.15, -0.1) is 0 Å². The molecule has 2 nitrogen and oxygen atoms in total. The van der Waals surface area contributed by atoms with Gasteiger partial charge >= 0.3 is 0 Å². The normalized spacial score (nSPS) is 17.6. The van der Waals surface area contributed by atoms with E-state index in [-0.39, 0.29) is 0 Å². The molecule has 0 bridgehead atoms. The lowest BCUT2D eigenvalue weighted by Gasteiger charge is -2.27. The van der Waals surface area contributed by atoms with Crippen molar-refractivity contribution in [3.63, 3.8) is 0 Å². The fourth-order valence-corrected chi connectivity index (χ4v) is 3.31. The second-order valence-corrected chi connectivity index (χ2v) is 6.03. The van der Waals surface area contributed by atoms with E-state index in [0.29, 0.717) is 6.04 Å². The van der Waals surface area contributed by atoms with Crippen LogP contribution >= 0.6 is 15.9 Å².